The monoisotopic (exact) mass is 302 g/mol. The Hall–Kier alpha value is -2.95. The van der Waals surface area contributed by atoms with Gasteiger partial charge in [-0.05, 0) is 6.07 Å². The van der Waals surface area contributed by atoms with Crippen molar-refractivity contribution in [1.29, 1.82) is 0 Å². The van der Waals surface area contributed by atoms with E-state index in [2.05, 4.69) is 5.10 Å². The van der Waals surface area contributed by atoms with Crippen molar-refractivity contribution in [1.82, 2.24) is 0 Å². The summed E-state index contributed by atoms with van der Waals surface area (Å²) in [5, 5.41) is 35.6. The molecule has 4 N–H and O–H groups in total. The predicted octanol–water partition coefficient (Wildman–Crippen LogP) is 0.274. The lowest BCUT2D eigenvalue weighted by Crippen LogP contribution is -2.30. The van der Waals surface area contributed by atoms with Crippen LogP contribution in [0.15, 0.2) is 17.2 Å². The standard InChI is InChI=1S/C8H7ClN6O5/c9-5-1-2-6(14(17)18)7(15(19)20)4(5)3-12-13(16)8(10)11/h1-3H,10-11H2. The van der Waals surface area contributed by atoms with E-state index in [1.807, 2.05) is 0 Å². The molecule has 0 atom stereocenters. The fraction of sp³-hybridized carbons (Fsp3) is 0. The van der Waals surface area contributed by atoms with Gasteiger partial charge < -0.3 is 5.21 Å². The predicted molar refractivity (Wildman–Crippen MR) is 69.4 cm³/mol. The number of rotatable bonds is 4. The van der Waals surface area contributed by atoms with Gasteiger partial charge >= 0.3 is 17.3 Å². The summed E-state index contributed by atoms with van der Waals surface area (Å²) in [4.78, 5) is 19.5. The van der Waals surface area contributed by atoms with Crippen molar-refractivity contribution < 1.29 is 14.7 Å². The highest BCUT2D eigenvalue weighted by molar-refractivity contribution is 6.33. The average molecular weight is 303 g/mol. The zero-order chi connectivity index (χ0) is 15.4. The van der Waals surface area contributed by atoms with Crippen LogP contribution in [0, 0.1) is 25.4 Å². The van der Waals surface area contributed by atoms with E-state index in [-0.39, 0.29) is 9.87 Å². The maximum Gasteiger partial charge on any atom is 0.366 e. The normalized spacial score (nSPS) is 10.4. The Balaban J connectivity index is 3.53. The topological polar surface area (TPSA) is 177 Å². The SMILES string of the molecule is NC(N)=[N+]([O-])N=Cc1c(Cl)ccc([N+](=O)[O-])c1[N+](=O)[O-]. The number of hydrazone groups is 1. The Morgan fingerprint density at radius 3 is 2.25 bits per heavy atom. The maximum absolute atomic E-state index is 11.0. The van der Waals surface area contributed by atoms with Crippen molar-refractivity contribution in [3.05, 3.63) is 48.2 Å². The van der Waals surface area contributed by atoms with Crippen LogP contribution in [0.25, 0.3) is 0 Å². The third-order valence-corrected chi connectivity index (χ3v) is 2.36. The van der Waals surface area contributed by atoms with Crippen molar-refractivity contribution in [3.63, 3.8) is 0 Å². The van der Waals surface area contributed by atoms with Crippen molar-refractivity contribution in [2.75, 3.05) is 0 Å². The smallest absolute Gasteiger partial charge is 0.366 e. The van der Waals surface area contributed by atoms with Gasteiger partial charge in [-0.25, -0.2) is 0 Å². The molecule has 12 heteroatoms. The number of benzene rings is 1. The van der Waals surface area contributed by atoms with Crippen LogP contribution in [0.2, 0.25) is 5.02 Å². The average Bonchev–Trinajstić information content (AvgIpc) is 2.35. The Morgan fingerprint density at radius 1 is 1.20 bits per heavy atom. The van der Waals surface area contributed by atoms with E-state index in [1.54, 1.807) is 0 Å². The number of nitro groups is 2. The second-order valence-electron chi connectivity index (χ2n) is 3.29. The zero-order valence-electron chi connectivity index (χ0n) is 9.59. The van der Waals surface area contributed by atoms with Crippen LogP contribution in [-0.4, -0.2) is 26.9 Å². The first kappa shape index (κ1) is 15.1. The summed E-state index contributed by atoms with van der Waals surface area (Å²) in [6.07, 6.45) is 0.667. The van der Waals surface area contributed by atoms with E-state index < -0.39 is 32.7 Å². The van der Waals surface area contributed by atoms with Gasteiger partial charge in [0.25, 0.3) is 0 Å². The van der Waals surface area contributed by atoms with E-state index in [1.165, 1.54) is 0 Å². The third kappa shape index (κ3) is 3.08. The molecule has 0 aromatic heterocycles. The van der Waals surface area contributed by atoms with Crippen LogP contribution >= 0.6 is 11.6 Å². The van der Waals surface area contributed by atoms with Crippen LogP contribution in [0.1, 0.15) is 5.56 Å². The molecule has 0 spiro atoms. The van der Waals surface area contributed by atoms with Gasteiger partial charge in [0.15, 0.2) is 0 Å². The lowest BCUT2D eigenvalue weighted by atomic mass is 10.1. The molecule has 1 aromatic rings. The maximum atomic E-state index is 11.0. The summed E-state index contributed by atoms with van der Waals surface area (Å²) in [6, 6.07) is 1.94. The number of nitrogens with two attached hydrogens (primary N) is 2. The van der Waals surface area contributed by atoms with E-state index in [0.29, 0.717) is 6.21 Å². The molecule has 0 bridgehead atoms. The first-order valence-electron chi connectivity index (χ1n) is 4.76. The quantitative estimate of drug-likeness (QED) is 0.200. The Labute approximate surface area is 115 Å². The molecular formula is C8H7ClN6O5. The first-order valence-corrected chi connectivity index (χ1v) is 5.14. The summed E-state index contributed by atoms with van der Waals surface area (Å²) in [6.45, 7) is 0. The van der Waals surface area contributed by atoms with Gasteiger partial charge in [0.1, 0.15) is 0 Å². The van der Waals surface area contributed by atoms with Crippen molar-refractivity contribution in [3.8, 4) is 0 Å². The van der Waals surface area contributed by atoms with Gasteiger partial charge in [-0.1, -0.05) is 11.6 Å². The summed E-state index contributed by atoms with van der Waals surface area (Å²) in [5.74, 6) is -0.717. The second-order valence-corrected chi connectivity index (χ2v) is 3.69. The van der Waals surface area contributed by atoms with Crippen LogP contribution in [0.3, 0.4) is 0 Å². The molecule has 0 saturated heterocycles. The highest BCUT2D eigenvalue weighted by atomic mass is 35.5. The molecule has 0 saturated carbocycles. The largest absolute Gasteiger partial charge is 0.722 e. The van der Waals surface area contributed by atoms with Crippen LogP contribution in [0.4, 0.5) is 11.4 Å². The summed E-state index contributed by atoms with van der Waals surface area (Å²) < 4.78 is 0. The number of nitrogens with zero attached hydrogens (tertiary/aromatic N) is 4. The number of guanidine groups is 1. The molecular weight excluding hydrogens is 296 g/mol. The minimum absolute atomic E-state index is 0.199. The Morgan fingerprint density at radius 2 is 1.80 bits per heavy atom. The molecule has 1 aromatic carbocycles. The number of hydrogen-bond acceptors (Lipinski definition) is 6. The number of halogens is 1. The van der Waals surface area contributed by atoms with Gasteiger partial charge in [0, 0.05) is 6.07 Å². The lowest BCUT2D eigenvalue weighted by Gasteiger charge is -2.04. The minimum Gasteiger partial charge on any atom is -0.722 e. The Kier molecular flexibility index (Phi) is 4.38. The molecule has 0 aliphatic rings. The third-order valence-electron chi connectivity index (χ3n) is 2.03. The summed E-state index contributed by atoms with van der Waals surface area (Å²) in [5.41, 5.74) is 7.77. The molecule has 0 aliphatic heterocycles. The van der Waals surface area contributed by atoms with Crippen molar-refractivity contribution >= 4 is 35.1 Å². The van der Waals surface area contributed by atoms with Gasteiger partial charge in [0.2, 0.25) is 0 Å². The fourth-order valence-corrected chi connectivity index (χ4v) is 1.41. The van der Waals surface area contributed by atoms with Gasteiger partial charge in [-0.3, -0.25) is 31.7 Å². The van der Waals surface area contributed by atoms with E-state index >= 15 is 0 Å². The van der Waals surface area contributed by atoms with Gasteiger partial charge in [-0.15, -0.1) is 9.95 Å². The number of hydrogen-bond donors (Lipinski definition) is 2. The summed E-state index contributed by atoms with van der Waals surface area (Å²) >= 11 is 5.71. The van der Waals surface area contributed by atoms with E-state index in [9.17, 15) is 25.4 Å². The van der Waals surface area contributed by atoms with Gasteiger partial charge in [-0.2, -0.15) is 0 Å². The molecule has 11 nitrogen and oxygen atoms in total. The lowest BCUT2D eigenvalue weighted by molar-refractivity contribution is -0.464. The summed E-state index contributed by atoms with van der Waals surface area (Å²) in [7, 11) is 0. The zero-order valence-corrected chi connectivity index (χ0v) is 10.4. The van der Waals surface area contributed by atoms with Crippen molar-refractivity contribution in [2.45, 2.75) is 0 Å². The van der Waals surface area contributed by atoms with Crippen molar-refractivity contribution in [2.24, 2.45) is 16.6 Å². The Bertz CT molecular complexity index is 638. The van der Waals surface area contributed by atoms with E-state index in [0.717, 1.165) is 12.1 Å². The molecule has 1 rings (SSSR count). The van der Waals surface area contributed by atoms with Gasteiger partial charge in [0.05, 0.1) is 26.6 Å². The first-order chi connectivity index (χ1) is 9.25. The molecule has 0 fully saturated rings. The van der Waals surface area contributed by atoms with Crippen LogP contribution in [-0.2, 0) is 0 Å². The number of nitro benzene ring substituents is 2. The highest BCUT2D eigenvalue weighted by Crippen LogP contribution is 2.34. The molecule has 0 radical (unpaired) electrons. The minimum atomic E-state index is -1.00. The molecule has 0 aliphatic carbocycles. The van der Waals surface area contributed by atoms with Crippen LogP contribution < -0.4 is 11.5 Å². The molecule has 0 amide bonds. The molecule has 20 heavy (non-hydrogen) atoms. The second kappa shape index (κ2) is 5.79. The van der Waals surface area contributed by atoms with E-state index in [4.69, 9.17) is 23.1 Å². The molecule has 0 heterocycles. The highest BCUT2D eigenvalue weighted by Gasteiger charge is 2.29. The fourth-order valence-electron chi connectivity index (χ4n) is 1.21. The van der Waals surface area contributed by atoms with Crippen LogP contribution in [0.5, 0.6) is 0 Å². The molecule has 106 valence electrons. The molecule has 0 unspecified atom stereocenters.